The number of hydrogen-bond donors (Lipinski definition) is 4. The Hall–Kier alpha value is -0.974. The van der Waals surface area contributed by atoms with Gasteiger partial charge in [-0.05, 0) is 24.3 Å². The molecule has 1 rings (SSSR count). The number of anilines is 1. The van der Waals surface area contributed by atoms with Crippen LogP contribution in [-0.2, 0) is 14.9 Å². The molecule has 0 unspecified atom stereocenters. The molecule has 0 fully saturated rings. The van der Waals surface area contributed by atoms with Gasteiger partial charge in [-0.3, -0.25) is 9.35 Å². The van der Waals surface area contributed by atoms with Gasteiger partial charge < -0.3 is 22.3 Å². The van der Waals surface area contributed by atoms with Crippen LogP contribution in [0.1, 0.15) is 0 Å². The molecule has 0 aliphatic carbocycles. The first-order valence-electron chi connectivity index (χ1n) is 4.80. The third-order valence-electron chi connectivity index (χ3n) is 2.06. The number of nitrogens with two attached hydrogens (primary N) is 2. The molecule has 0 spiro atoms. The summed E-state index contributed by atoms with van der Waals surface area (Å²) in [4.78, 5) is 10.6. The number of amides is 1. The number of nitrogens with one attached hydrogen (secondary N) is 1. The Kier molecular flexibility index (Phi) is 9.70. The summed E-state index contributed by atoms with van der Waals surface area (Å²) in [6.45, 7) is 0. The van der Waals surface area contributed by atoms with Crippen molar-refractivity contribution >= 4 is 73.1 Å². The van der Waals surface area contributed by atoms with Crippen molar-refractivity contribution in [3.8, 4) is 6.07 Å². The van der Waals surface area contributed by atoms with Gasteiger partial charge in [-0.2, -0.15) is 13.7 Å². The Morgan fingerprint density at radius 2 is 1.71 bits per heavy atom. The number of rotatable bonds is 4. The summed E-state index contributed by atoms with van der Waals surface area (Å²) in [5, 5.41) is 11.2. The van der Waals surface area contributed by atoms with Crippen molar-refractivity contribution in [2.75, 3.05) is 5.32 Å². The average Bonchev–Trinajstić information content (AvgIpc) is 2.28. The normalized spacial score (nSPS) is 11.0. The molecule has 0 aliphatic rings. The third kappa shape index (κ3) is 6.55. The van der Waals surface area contributed by atoms with E-state index in [0.717, 1.165) is 12.1 Å². The van der Waals surface area contributed by atoms with E-state index in [4.69, 9.17) is 21.3 Å². The van der Waals surface area contributed by atoms with E-state index in [9.17, 15) is 13.2 Å². The number of carbonyl (C=O) groups excluding carboxylic acids is 1. The van der Waals surface area contributed by atoms with Gasteiger partial charge in [0.1, 0.15) is 11.9 Å². The zero-order valence-corrected chi connectivity index (χ0v) is 10.8. The SMILES string of the molecule is N#CC(C(N)=O)=C(N)Nc1ccc(S(=O)(=O)O)cc1.O.[KH]. The molecule has 110 valence electrons. The van der Waals surface area contributed by atoms with Crippen molar-refractivity contribution in [3.05, 3.63) is 35.7 Å². The fraction of sp³-hybridized carbons (Fsp3) is 0. The van der Waals surface area contributed by atoms with Crippen LogP contribution in [0.3, 0.4) is 0 Å². The van der Waals surface area contributed by atoms with Gasteiger partial charge in [-0.1, -0.05) is 0 Å². The first kappa shape index (κ1) is 22.3. The number of nitrogens with zero attached hydrogens (tertiary/aromatic N) is 1. The Labute approximate surface area is 163 Å². The molecule has 1 aromatic rings. The minimum absolute atomic E-state index is 0. The van der Waals surface area contributed by atoms with Gasteiger partial charge in [0.05, 0.1) is 4.90 Å². The van der Waals surface area contributed by atoms with Crippen molar-refractivity contribution in [2.24, 2.45) is 11.5 Å². The molecule has 9 nitrogen and oxygen atoms in total. The summed E-state index contributed by atoms with van der Waals surface area (Å²) in [7, 11) is -4.28. The van der Waals surface area contributed by atoms with Crippen LogP contribution >= 0.6 is 0 Å². The molecule has 0 saturated carbocycles. The van der Waals surface area contributed by atoms with E-state index in [2.05, 4.69) is 5.32 Å². The fourth-order valence-corrected chi connectivity index (χ4v) is 1.66. The molecular formula is C10H13KN4O5S. The van der Waals surface area contributed by atoms with Crippen LogP contribution in [0.5, 0.6) is 0 Å². The van der Waals surface area contributed by atoms with Crippen LogP contribution < -0.4 is 16.8 Å². The Morgan fingerprint density at radius 3 is 2.05 bits per heavy atom. The summed E-state index contributed by atoms with van der Waals surface area (Å²) in [5.41, 5.74) is 10.3. The Bertz CT molecular complexity index is 678. The van der Waals surface area contributed by atoms with Crippen LogP contribution in [0.4, 0.5) is 5.69 Å². The summed E-state index contributed by atoms with van der Waals surface area (Å²) in [6, 6.07) is 6.39. The molecule has 21 heavy (non-hydrogen) atoms. The maximum absolute atomic E-state index is 10.9. The zero-order chi connectivity index (χ0) is 14.6. The van der Waals surface area contributed by atoms with E-state index >= 15 is 0 Å². The van der Waals surface area contributed by atoms with Gasteiger partial charge >= 0.3 is 51.4 Å². The molecule has 0 atom stereocenters. The average molecular weight is 340 g/mol. The molecule has 0 saturated heterocycles. The molecule has 8 N–H and O–H groups in total. The van der Waals surface area contributed by atoms with Crippen molar-refractivity contribution in [3.63, 3.8) is 0 Å². The molecule has 1 amide bonds. The number of primary amides is 1. The quantitative estimate of drug-likeness (QED) is 0.212. The maximum atomic E-state index is 10.9. The molecular weight excluding hydrogens is 327 g/mol. The Morgan fingerprint density at radius 1 is 1.24 bits per heavy atom. The van der Waals surface area contributed by atoms with Gasteiger partial charge in [0.2, 0.25) is 0 Å². The topological polar surface area (TPSA) is 191 Å². The third-order valence-corrected chi connectivity index (χ3v) is 2.93. The molecule has 0 aliphatic heterocycles. The van der Waals surface area contributed by atoms with E-state index in [1.54, 1.807) is 0 Å². The Balaban J connectivity index is 0. The first-order chi connectivity index (χ1) is 8.75. The van der Waals surface area contributed by atoms with Gasteiger partial charge in [0, 0.05) is 5.69 Å². The molecule has 1 aromatic carbocycles. The van der Waals surface area contributed by atoms with Crippen LogP contribution in [0, 0.1) is 11.3 Å². The van der Waals surface area contributed by atoms with Crippen molar-refractivity contribution in [1.29, 1.82) is 5.26 Å². The second kappa shape index (κ2) is 9.13. The molecule has 0 aromatic heterocycles. The van der Waals surface area contributed by atoms with Crippen LogP contribution in [0.25, 0.3) is 0 Å². The molecule has 0 heterocycles. The van der Waals surface area contributed by atoms with Crippen molar-refractivity contribution in [1.82, 2.24) is 0 Å². The first-order valence-corrected chi connectivity index (χ1v) is 6.24. The van der Waals surface area contributed by atoms with E-state index in [0.29, 0.717) is 5.69 Å². The number of benzene rings is 1. The predicted molar refractivity (Wildman–Crippen MR) is 76.7 cm³/mol. The van der Waals surface area contributed by atoms with Crippen molar-refractivity contribution < 1.29 is 23.2 Å². The van der Waals surface area contributed by atoms with Crippen LogP contribution in [0.2, 0.25) is 0 Å². The van der Waals surface area contributed by atoms with E-state index in [1.165, 1.54) is 18.2 Å². The van der Waals surface area contributed by atoms with E-state index in [-0.39, 0.29) is 67.6 Å². The molecule has 0 bridgehead atoms. The zero-order valence-electron chi connectivity index (χ0n) is 9.99. The van der Waals surface area contributed by atoms with Gasteiger partial charge in [-0.25, -0.2) is 0 Å². The minimum atomic E-state index is -4.28. The number of nitriles is 1. The van der Waals surface area contributed by atoms with E-state index < -0.39 is 21.6 Å². The second-order valence-corrected chi connectivity index (χ2v) is 4.81. The van der Waals surface area contributed by atoms with E-state index in [1.807, 2.05) is 0 Å². The van der Waals surface area contributed by atoms with Gasteiger partial charge in [-0.15, -0.1) is 0 Å². The second-order valence-electron chi connectivity index (χ2n) is 3.39. The molecule has 0 radical (unpaired) electrons. The molecule has 11 heteroatoms. The summed E-state index contributed by atoms with van der Waals surface area (Å²) < 4.78 is 30.4. The predicted octanol–water partition coefficient (Wildman–Crippen LogP) is -1.95. The number of carbonyl (C=O) groups is 1. The summed E-state index contributed by atoms with van der Waals surface area (Å²) in [5.74, 6) is -1.24. The van der Waals surface area contributed by atoms with Crippen LogP contribution in [0.15, 0.2) is 40.6 Å². The van der Waals surface area contributed by atoms with Gasteiger partial charge in [0.15, 0.2) is 5.57 Å². The number of hydrogen-bond acceptors (Lipinski definition) is 6. The fourth-order valence-electron chi connectivity index (χ4n) is 1.18. The standard InChI is InChI=1S/C10H10N4O4S.K.H2O.H/c11-5-8(10(13)15)9(12)14-6-1-3-7(4-2-6)19(16,17)18;;;/h1-4,14H,12H2,(H2,13,15)(H,16,17,18);;1H2;. The summed E-state index contributed by atoms with van der Waals surface area (Å²) >= 11 is 0. The van der Waals surface area contributed by atoms with Crippen molar-refractivity contribution in [2.45, 2.75) is 4.90 Å². The van der Waals surface area contributed by atoms with Gasteiger partial charge in [0.25, 0.3) is 16.0 Å². The summed E-state index contributed by atoms with van der Waals surface area (Å²) in [6.07, 6.45) is 0. The van der Waals surface area contributed by atoms with Crippen LogP contribution in [-0.4, -0.2) is 75.7 Å². The monoisotopic (exact) mass is 340 g/mol.